The summed E-state index contributed by atoms with van der Waals surface area (Å²) in [7, 11) is 0. The predicted octanol–water partition coefficient (Wildman–Crippen LogP) is 4.97. The van der Waals surface area contributed by atoms with E-state index in [0.717, 1.165) is 5.56 Å². The van der Waals surface area contributed by atoms with E-state index in [1.807, 2.05) is 0 Å². The van der Waals surface area contributed by atoms with Crippen molar-refractivity contribution in [1.82, 2.24) is 0 Å². The number of rotatable bonds is 1. The Bertz CT molecular complexity index is 326. The van der Waals surface area contributed by atoms with Gasteiger partial charge in [-0.25, -0.2) is 0 Å². The van der Waals surface area contributed by atoms with Crippen molar-refractivity contribution in [3.63, 3.8) is 0 Å². The topological polar surface area (TPSA) is 0 Å². The molecule has 0 nitrogen and oxygen atoms in total. The summed E-state index contributed by atoms with van der Waals surface area (Å²) < 4.78 is 37.8. The van der Waals surface area contributed by atoms with Gasteiger partial charge in [-0.1, -0.05) is 31.9 Å². The molecule has 0 bridgehead atoms. The zero-order chi connectivity index (χ0) is 10.9. The van der Waals surface area contributed by atoms with E-state index in [1.165, 1.54) is 12.1 Å². The minimum atomic E-state index is -4.31. The van der Waals surface area contributed by atoms with Crippen LogP contribution >= 0.6 is 54.5 Å². The molecule has 0 saturated carbocycles. The van der Waals surface area contributed by atoms with Crippen LogP contribution in [0.25, 0.3) is 0 Å². The molecule has 0 atom stereocenters. The first kappa shape index (κ1) is 12.8. The Kier molecular flexibility index (Phi) is 4.28. The third-order valence-electron chi connectivity index (χ3n) is 1.54. The van der Waals surface area contributed by atoms with Crippen LogP contribution in [0.15, 0.2) is 16.6 Å². The van der Waals surface area contributed by atoms with Gasteiger partial charge >= 0.3 is 6.18 Å². The Labute approximate surface area is 110 Å². The third kappa shape index (κ3) is 2.85. The fourth-order valence-electron chi connectivity index (χ4n) is 0.974. The van der Waals surface area contributed by atoms with Crippen LogP contribution in [-0.4, -0.2) is 0 Å². The normalized spacial score (nSPS) is 11.9. The summed E-state index contributed by atoms with van der Waals surface area (Å²) in [5, 5.41) is 0.541. The maximum absolute atomic E-state index is 12.5. The van der Waals surface area contributed by atoms with Crippen molar-refractivity contribution >= 4 is 54.5 Å². The standard InChI is InChI=1S/C8H4Br2F3I/c9-3-4-1-5(10)7(6(14)2-4)8(11,12)13/h1-2H,3H2. The second kappa shape index (κ2) is 4.69. The van der Waals surface area contributed by atoms with E-state index in [-0.39, 0.29) is 8.04 Å². The summed E-state index contributed by atoms with van der Waals surface area (Å²) in [5.74, 6) is 0. The van der Waals surface area contributed by atoms with Gasteiger partial charge in [-0.15, -0.1) is 0 Å². The summed E-state index contributed by atoms with van der Waals surface area (Å²) in [5.41, 5.74) is 0.206. The number of hydrogen-bond acceptors (Lipinski definition) is 0. The number of alkyl halides is 4. The van der Waals surface area contributed by atoms with Gasteiger partial charge in [0.25, 0.3) is 0 Å². The first-order chi connectivity index (χ1) is 6.36. The first-order valence-corrected chi connectivity index (χ1v) is 6.46. The summed E-state index contributed by atoms with van der Waals surface area (Å²) >= 11 is 7.81. The Morgan fingerprint density at radius 2 is 1.86 bits per heavy atom. The molecule has 0 aromatic heterocycles. The SMILES string of the molecule is FC(F)(F)c1c(Br)cc(CBr)cc1I. The molecular weight excluding hydrogens is 440 g/mol. The highest BCUT2D eigenvalue weighted by atomic mass is 127. The van der Waals surface area contributed by atoms with Gasteiger partial charge in [0, 0.05) is 13.4 Å². The van der Waals surface area contributed by atoms with Crippen molar-refractivity contribution in [2.24, 2.45) is 0 Å². The van der Waals surface area contributed by atoms with Crippen molar-refractivity contribution in [1.29, 1.82) is 0 Å². The molecular formula is C8H4Br2F3I. The molecule has 0 amide bonds. The molecule has 1 rings (SSSR count). The van der Waals surface area contributed by atoms with Crippen LogP contribution in [0, 0.1) is 3.57 Å². The van der Waals surface area contributed by atoms with Crippen molar-refractivity contribution in [2.75, 3.05) is 0 Å². The van der Waals surface area contributed by atoms with Gasteiger partial charge in [0.05, 0.1) is 5.56 Å². The molecule has 0 unspecified atom stereocenters. The summed E-state index contributed by atoms with van der Waals surface area (Å²) in [6, 6.07) is 2.99. The molecule has 78 valence electrons. The maximum atomic E-state index is 12.5. The predicted molar refractivity (Wildman–Crippen MR) is 64.5 cm³/mol. The molecule has 1 aromatic rings. The van der Waals surface area contributed by atoms with Crippen LogP contribution in [-0.2, 0) is 11.5 Å². The molecule has 6 heteroatoms. The van der Waals surface area contributed by atoms with E-state index in [9.17, 15) is 13.2 Å². The van der Waals surface area contributed by atoms with Crippen molar-refractivity contribution < 1.29 is 13.2 Å². The first-order valence-electron chi connectivity index (χ1n) is 3.47. The maximum Gasteiger partial charge on any atom is 0.418 e. The molecule has 0 radical (unpaired) electrons. The van der Waals surface area contributed by atoms with Gasteiger partial charge in [-0.3, -0.25) is 0 Å². The Balaban J connectivity index is 3.33. The molecule has 14 heavy (non-hydrogen) atoms. The van der Waals surface area contributed by atoms with Crippen LogP contribution in [0.4, 0.5) is 13.2 Å². The van der Waals surface area contributed by atoms with Gasteiger partial charge in [-0.05, 0) is 40.3 Å². The Hall–Kier alpha value is 0.700. The monoisotopic (exact) mass is 442 g/mol. The molecule has 0 fully saturated rings. The largest absolute Gasteiger partial charge is 0.418 e. The molecule has 0 spiro atoms. The number of halogens is 6. The molecule has 1 aromatic carbocycles. The van der Waals surface area contributed by atoms with Crippen LogP contribution in [0.5, 0.6) is 0 Å². The molecule has 0 aliphatic rings. The van der Waals surface area contributed by atoms with E-state index in [0.29, 0.717) is 5.33 Å². The zero-order valence-corrected chi connectivity index (χ0v) is 12.0. The van der Waals surface area contributed by atoms with E-state index in [4.69, 9.17) is 0 Å². The second-order valence-corrected chi connectivity index (χ2v) is 5.14. The van der Waals surface area contributed by atoms with Gasteiger partial charge in [-0.2, -0.15) is 13.2 Å². The molecule has 0 saturated heterocycles. The average molecular weight is 444 g/mol. The Morgan fingerprint density at radius 3 is 2.21 bits per heavy atom. The van der Waals surface area contributed by atoms with E-state index >= 15 is 0 Å². The lowest BCUT2D eigenvalue weighted by molar-refractivity contribution is -0.138. The molecule has 0 aliphatic heterocycles. The van der Waals surface area contributed by atoms with Crippen LogP contribution < -0.4 is 0 Å². The highest BCUT2D eigenvalue weighted by Crippen LogP contribution is 2.38. The summed E-state index contributed by atoms with van der Waals surface area (Å²) in [6.07, 6.45) is -4.31. The van der Waals surface area contributed by atoms with Gasteiger partial charge in [0.1, 0.15) is 0 Å². The minimum Gasteiger partial charge on any atom is -0.166 e. The summed E-state index contributed by atoms with van der Waals surface area (Å²) in [6.45, 7) is 0. The fraction of sp³-hybridized carbons (Fsp3) is 0.250. The van der Waals surface area contributed by atoms with E-state index in [1.54, 1.807) is 22.6 Å². The average Bonchev–Trinajstić information content (AvgIpc) is 1.99. The Morgan fingerprint density at radius 1 is 1.29 bits per heavy atom. The van der Waals surface area contributed by atoms with Crippen molar-refractivity contribution in [2.45, 2.75) is 11.5 Å². The molecule has 0 aliphatic carbocycles. The van der Waals surface area contributed by atoms with Gasteiger partial charge in [0.15, 0.2) is 0 Å². The molecule has 0 N–H and O–H groups in total. The second-order valence-electron chi connectivity index (χ2n) is 2.57. The van der Waals surface area contributed by atoms with Crippen molar-refractivity contribution in [3.8, 4) is 0 Å². The number of hydrogen-bond donors (Lipinski definition) is 0. The smallest absolute Gasteiger partial charge is 0.166 e. The van der Waals surface area contributed by atoms with E-state index in [2.05, 4.69) is 31.9 Å². The van der Waals surface area contributed by atoms with Gasteiger partial charge < -0.3 is 0 Å². The third-order valence-corrected chi connectivity index (χ3v) is 3.66. The van der Waals surface area contributed by atoms with Crippen molar-refractivity contribution in [3.05, 3.63) is 31.3 Å². The van der Waals surface area contributed by atoms with Crippen LogP contribution in [0.3, 0.4) is 0 Å². The van der Waals surface area contributed by atoms with Gasteiger partial charge in [0.2, 0.25) is 0 Å². The number of benzene rings is 1. The lowest BCUT2D eigenvalue weighted by Gasteiger charge is -2.12. The summed E-state index contributed by atoms with van der Waals surface area (Å²) in [4.78, 5) is 0. The molecule has 0 heterocycles. The highest BCUT2D eigenvalue weighted by Gasteiger charge is 2.35. The van der Waals surface area contributed by atoms with E-state index < -0.39 is 11.7 Å². The quantitative estimate of drug-likeness (QED) is 0.425. The van der Waals surface area contributed by atoms with Crippen LogP contribution in [0.2, 0.25) is 0 Å². The highest BCUT2D eigenvalue weighted by molar-refractivity contribution is 14.1. The lowest BCUT2D eigenvalue weighted by atomic mass is 10.1. The van der Waals surface area contributed by atoms with Crippen LogP contribution in [0.1, 0.15) is 11.1 Å². The zero-order valence-electron chi connectivity index (χ0n) is 6.63. The lowest BCUT2D eigenvalue weighted by Crippen LogP contribution is -2.09. The minimum absolute atomic E-state index is 0.0892. The fourth-order valence-corrected chi connectivity index (χ4v) is 3.40.